The Hall–Kier alpha value is -4.34. The highest BCUT2D eigenvalue weighted by atomic mass is 19.1. The van der Waals surface area contributed by atoms with Crippen LogP contribution in [0.3, 0.4) is 0 Å². The van der Waals surface area contributed by atoms with E-state index in [-0.39, 0.29) is 11.6 Å². The van der Waals surface area contributed by atoms with Crippen molar-refractivity contribution >= 4 is 29.6 Å². The van der Waals surface area contributed by atoms with Gasteiger partial charge >= 0.3 is 0 Å². The summed E-state index contributed by atoms with van der Waals surface area (Å²) in [6.07, 6.45) is 6.72. The number of aldehydes is 1. The van der Waals surface area contributed by atoms with Crippen LogP contribution in [-0.4, -0.2) is 44.2 Å². The maximum atomic E-state index is 14.1. The Morgan fingerprint density at radius 3 is 2.35 bits per heavy atom. The van der Waals surface area contributed by atoms with Gasteiger partial charge in [0.05, 0.1) is 25.3 Å². The molecule has 0 atom stereocenters. The molecule has 3 aromatic rings. The number of nitrogens with one attached hydrogen (secondary N) is 1. The van der Waals surface area contributed by atoms with Gasteiger partial charge in [-0.05, 0) is 31.9 Å². The first-order chi connectivity index (χ1) is 16.4. The first-order valence-corrected chi connectivity index (χ1v) is 9.88. The van der Waals surface area contributed by atoms with Gasteiger partial charge in [-0.2, -0.15) is 0 Å². The second-order valence-electron chi connectivity index (χ2n) is 6.39. The van der Waals surface area contributed by atoms with E-state index in [2.05, 4.69) is 27.0 Å². The van der Waals surface area contributed by atoms with Crippen molar-refractivity contribution in [3.63, 3.8) is 0 Å². The van der Waals surface area contributed by atoms with Gasteiger partial charge in [0.15, 0.2) is 23.7 Å². The highest BCUT2D eigenvalue weighted by Crippen LogP contribution is 2.36. The van der Waals surface area contributed by atoms with Gasteiger partial charge in [0, 0.05) is 43.5 Å². The van der Waals surface area contributed by atoms with Crippen LogP contribution in [0.5, 0.6) is 17.4 Å². The Morgan fingerprint density at radius 2 is 1.82 bits per heavy atom. The number of aliphatic imine (C=N–C) groups is 1. The van der Waals surface area contributed by atoms with Crippen molar-refractivity contribution in [3.05, 3.63) is 71.9 Å². The maximum Gasteiger partial charge on any atom is 0.226 e. The van der Waals surface area contributed by atoms with Gasteiger partial charge in [-0.25, -0.2) is 13.8 Å². The molecule has 1 aromatic carbocycles. The normalized spacial score (nSPS) is 11.2. The molecule has 0 amide bonds. The zero-order chi connectivity index (χ0) is 25.1. The minimum atomic E-state index is -0.817. The van der Waals surface area contributed by atoms with Crippen LogP contribution in [-0.2, 0) is 9.53 Å². The minimum Gasteiger partial charge on any atom is -0.496 e. The summed E-state index contributed by atoms with van der Waals surface area (Å²) < 4.78 is 43.7. The van der Waals surface area contributed by atoms with Crippen molar-refractivity contribution in [1.82, 2.24) is 9.97 Å². The SMILES string of the molecule is C=N/C=C(C=O)\C(=C/C)OC.CNc1cc(F)c(Oc2ccnc3ccnc(OC)c23)c(F)c1. The lowest BCUT2D eigenvalue weighted by atomic mass is 10.2. The van der Waals surface area contributed by atoms with Crippen LogP contribution in [0.15, 0.2) is 65.3 Å². The van der Waals surface area contributed by atoms with E-state index in [0.717, 1.165) is 12.1 Å². The number of carbonyl (C=O) groups excluding carboxylic acids is 1. The third-order valence-electron chi connectivity index (χ3n) is 4.40. The lowest BCUT2D eigenvalue weighted by Crippen LogP contribution is -1.98. The molecule has 0 radical (unpaired) electrons. The number of halogens is 2. The molecule has 3 rings (SSSR count). The number of benzene rings is 1. The van der Waals surface area contributed by atoms with Gasteiger partial charge in [0.25, 0.3) is 0 Å². The van der Waals surface area contributed by atoms with Crippen LogP contribution in [0.2, 0.25) is 0 Å². The minimum absolute atomic E-state index is 0.204. The molecule has 0 aliphatic rings. The molecule has 0 aliphatic heterocycles. The first kappa shape index (κ1) is 25.9. The van der Waals surface area contributed by atoms with E-state index in [4.69, 9.17) is 14.2 Å². The van der Waals surface area contributed by atoms with Crippen molar-refractivity contribution in [1.29, 1.82) is 0 Å². The highest BCUT2D eigenvalue weighted by molar-refractivity contribution is 5.89. The van der Waals surface area contributed by atoms with E-state index in [9.17, 15) is 13.6 Å². The third kappa shape index (κ3) is 6.12. The Bertz CT molecular complexity index is 1200. The van der Waals surface area contributed by atoms with E-state index in [0.29, 0.717) is 34.2 Å². The number of anilines is 1. The molecule has 0 saturated heterocycles. The first-order valence-electron chi connectivity index (χ1n) is 9.88. The number of nitrogens with zero attached hydrogens (tertiary/aromatic N) is 3. The molecule has 0 bridgehead atoms. The number of rotatable bonds is 8. The zero-order valence-electron chi connectivity index (χ0n) is 19.1. The lowest BCUT2D eigenvalue weighted by molar-refractivity contribution is -0.105. The summed E-state index contributed by atoms with van der Waals surface area (Å²) in [5.41, 5.74) is 1.25. The predicted octanol–water partition coefficient (Wildman–Crippen LogP) is 5.07. The van der Waals surface area contributed by atoms with E-state index in [1.54, 1.807) is 26.1 Å². The Kier molecular flexibility index (Phi) is 9.63. The number of hydrogen-bond acceptors (Lipinski definition) is 8. The van der Waals surface area contributed by atoms with Crippen LogP contribution < -0.4 is 14.8 Å². The maximum absolute atomic E-state index is 14.1. The largest absolute Gasteiger partial charge is 0.496 e. The molecule has 0 unspecified atom stereocenters. The zero-order valence-corrected chi connectivity index (χ0v) is 19.1. The molecule has 8 nitrogen and oxygen atoms in total. The molecule has 0 saturated carbocycles. The van der Waals surface area contributed by atoms with Crippen LogP contribution in [0.1, 0.15) is 6.92 Å². The van der Waals surface area contributed by atoms with Crippen molar-refractivity contribution in [2.75, 3.05) is 26.6 Å². The smallest absolute Gasteiger partial charge is 0.226 e. The molecule has 178 valence electrons. The molecule has 2 aromatic heterocycles. The number of fused-ring (bicyclic) bond motifs is 1. The summed E-state index contributed by atoms with van der Waals surface area (Å²) in [6.45, 7) is 5.01. The molecule has 0 aliphatic carbocycles. The highest BCUT2D eigenvalue weighted by Gasteiger charge is 2.17. The summed E-state index contributed by atoms with van der Waals surface area (Å²) in [4.78, 5) is 22.1. The van der Waals surface area contributed by atoms with Gasteiger partial charge in [-0.15, -0.1) is 0 Å². The van der Waals surface area contributed by atoms with E-state index in [1.165, 1.54) is 38.9 Å². The Morgan fingerprint density at radius 1 is 1.15 bits per heavy atom. The van der Waals surface area contributed by atoms with Crippen molar-refractivity contribution in [3.8, 4) is 17.4 Å². The van der Waals surface area contributed by atoms with Crippen LogP contribution >= 0.6 is 0 Å². The van der Waals surface area contributed by atoms with Crippen LogP contribution in [0.4, 0.5) is 14.5 Å². The lowest BCUT2D eigenvalue weighted by Gasteiger charge is -2.12. The molecule has 2 heterocycles. The van der Waals surface area contributed by atoms with E-state index in [1.807, 2.05) is 0 Å². The summed E-state index contributed by atoms with van der Waals surface area (Å²) in [7, 11) is 4.51. The summed E-state index contributed by atoms with van der Waals surface area (Å²) >= 11 is 0. The number of allylic oxidation sites excluding steroid dienone is 2. The van der Waals surface area contributed by atoms with Crippen LogP contribution in [0, 0.1) is 11.6 Å². The molecule has 34 heavy (non-hydrogen) atoms. The Labute approximate surface area is 195 Å². The number of carbonyl (C=O) groups is 1. The fourth-order valence-electron chi connectivity index (χ4n) is 2.85. The van der Waals surface area contributed by atoms with Gasteiger partial charge in [0.2, 0.25) is 5.88 Å². The van der Waals surface area contributed by atoms with Crippen LogP contribution in [0.25, 0.3) is 10.9 Å². The quantitative estimate of drug-likeness (QED) is 0.161. The second-order valence-corrected chi connectivity index (χ2v) is 6.39. The predicted molar refractivity (Wildman–Crippen MR) is 127 cm³/mol. The van der Waals surface area contributed by atoms with Crippen molar-refractivity contribution in [2.24, 2.45) is 4.99 Å². The third-order valence-corrected chi connectivity index (χ3v) is 4.40. The van der Waals surface area contributed by atoms with Gasteiger partial charge in [0.1, 0.15) is 16.9 Å². The monoisotopic (exact) mass is 470 g/mol. The molecule has 0 spiro atoms. The summed E-state index contributed by atoms with van der Waals surface area (Å²) in [5.74, 6) is -1.16. The number of ether oxygens (including phenoxy) is 3. The Balaban J connectivity index is 0.000000316. The number of methoxy groups -OCH3 is 2. The fourth-order valence-corrected chi connectivity index (χ4v) is 2.85. The summed E-state index contributed by atoms with van der Waals surface area (Å²) in [5, 5.41) is 3.11. The molecule has 1 N–H and O–H groups in total. The summed E-state index contributed by atoms with van der Waals surface area (Å²) in [6, 6.07) is 5.45. The molecule has 0 fully saturated rings. The van der Waals surface area contributed by atoms with E-state index < -0.39 is 17.4 Å². The van der Waals surface area contributed by atoms with Gasteiger partial charge < -0.3 is 19.5 Å². The number of pyridine rings is 2. The van der Waals surface area contributed by atoms with Gasteiger partial charge in [-0.1, -0.05) is 0 Å². The average Bonchev–Trinajstić information content (AvgIpc) is 2.86. The molecule has 10 heteroatoms. The number of aromatic nitrogens is 2. The average molecular weight is 470 g/mol. The topological polar surface area (TPSA) is 94.9 Å². The van der Waals surface area contributed by atoms with E-state index >= 15 is 0 Å². The molecular weight excluding hydrogens is 446 g/mol. The fraction of sp³-hybridized carbons (Fsp3) is 0.167. The number of hydrogen-bond donors (Lipinski definition) is 1. The standard InChI is InChI=1S/C16H13F2N3O2.C8H11NO2/c1-19-9-7-10(17)15(11(18)8-9)23-13-4-6-20-12-3-5-21-16(22-2)14(12)13;1-4-8(11-3)7(6-10)5-9-2/h3-8,19H,1-2H3;4-6H,2H2,1,3H3/b;7-5-,8-4+. The molecular formula is C24H24F2N4O4. The van der Waals surface area contributed by atoms with Crippen molar-refractivity contribution in [2.45, 2.75) is 6.92 Å². The van der Waals surface area contributed by atoms with Gasteiger partial charge in [-0.3, -0.25) is 14.8 Å². The second kappa shape index (κ2) is 12.6. The van der Waals surface area contributed by atoms with Crippen molar-refractivity contribution < 1.29 is 27.8 Å².